The highest BCUT2D eigenvalue weighted by Crippen LogP contribution is 2.18. The quantitative estimate of drug-likeness (QED) is 0.700. The van der Waals surface area contributed by atoms with Crippen molar-refractivity contribution in [2.75, 3.05) is 36.4 Å². The van der Waals surface area contributed by atoms with E-state index in [1.54, 1.807) is 10.7 Å². The Morgan fingerprint density at radius 3 is 2.61 bits per heavy atom. The zero-order valence-electron chi connectivity index (χ0n) is 15.8. The highest BCUT2D eigenvalue weighted by atomic mass is 16.5. The Kier molecular flexibility index (Phi) is 5.02. The summed E-state index contributed by atoms with van der Waals surface area (Å²) in [4.78, 5) is 16.7. The first-order valence-electron chi connectivity index (χ1n) is 9.19. The van der Waals surface area contributed by atoms with Gasteiger partial charge in [0.2, 0.25) is 17.7 Å². The number of anilines is 2. The summed E-state index contributed by atoms with van der Waals surface area (Å²) in [6, 6.07) is 11.2. The molecule has 1 N–H and O–H groups in total. The second-order valence-electron chi connectivity index (χ2n) is 6.75. The smallest absolute Gasteiger partial charge is 0.250 e. The highest BCUT2D eigenvalue weighted by Gasteiger charge is 2.28. The number of carbonyl (C=O) groups excluding carboxylic acids is 1. The maximum Gasteiger partial charge on any atom is 0.250 e. The molecular weight excluding hydrogens is 360 g/mol. The summed E-state index contributed by atoms with van der Waals surface area (Å²) in [5.74, 6) is 0.967. The molecule has 1 aliphatic heterocycles. The molecule has 0 saturated carbocycles. The van der Waals surface area contributed by atoms with Gasteiger partial charge in [-0.05, 0) is 36.4 Å². The van der Waals surface area contributed by atoms with Crippen LogP contribution in [0.2, 0.25) is 0 Å². The van der Waals surface area contributed by atoms with Crippen LogP contribution < -0.4 is 10.2 Å². The number of aryl methyl sites for hydroxylation is 1. The minimum absolute atomic E-state index is 0.112. The maximum atomic E-state index is 12.5. The summed E-state index contributed by atoms with van der Waals surface area (Å²) in [7, 11) is 0. The second-order valence-corrected chi connectivity index (χ2v) is 6.75. The number of benzene rings is 1. The summed E-state index contributed by atoms with van der Waals surface area (Å²) in [6.07, 6.45) is 0. The molecule has 0 unspecified atom stereocenters. The molecule has 1 saturated heterocycles. The van der Waals surface area contributed by atoms with Gasteiger partial charge in [-0.2, -0.15) is 4.68 Å². The molecule has 10 nitrogen and oxygen atoms in total. The molecule has 10 heteroatoms. The fourth-order valence-corrected chi connectivity index (χ4v) is 3.24. The Bertz CT molecular complexity index is 930. The van der Waals surface area contributed by atoms with Crippen LogP contribution in [0.4, 0.5) is 11.8 Å². The van der Waals surface area contributed by atoms with Crippen molar-refractivity contribution in [1.82, 2.24) is 30.3 Å². The van der Waals surface area contributed by atoms with E-state index in [1.807, 2.05) is 44.2 Å². The summed E-state index contributed by atoms with van der Waals surface area (Å²) >= 11 is 0. The first-order valence-corrected chi connectivity index (χ1v) is 9.19. The van der Waals surface area contributed by atoms with Gasteiger partial charge in [0.25, 0.3) is 0 Å². The zero-order valence-corrected chi connectivity index (χ0v) is 15.8. The third-order valence-corrected chi connectivity index (χ3v) is 4.85. The predicted molar refractivity (Wildman–Crippen MR) is 102 cm³/mol. The van der Waals surface area contributed by atoms with E-state index in [9.17, 15) is 4.79 Å². The predicted octanol–water partition coefficient (Wildman–Crippen LogP) is 1.11. The van der Waals surface area contributed by atoms with Crippen LogP contribution in [0, 0.1) is 6.92 Å². The van der Waals surface area contributed by atoms with Crippen molar-refractivity contribution >= 4 is 17.7 Å². The molecule has 1 fully saturated rings. The fraction of sp³-hybridized carbons (Fsp3) is 0.389. The molecule has 1 aromatic carbocycles. The van der Waals surface area contributed by atoms with Crippen molar-refractivity contribution in [2.24, 2.45) is 0 Å². The number of nitrogens with one attached hydrogen (secondary N) is 1. The lowest BCUT2D eigenvalue weighted by Gasteiger charge is -2.37. The second kappa shape index (κ2) is 7.77. The van der Waals surface area contributed by atoms with Gasteiger partial charge in [0, 0.05) is 32.2 Å². The number of aromatic nitrogens is 5. The maximum absolute atomic E-state index is 12.5. The van der Waals surface area contributed by atoms with Crippen molar-refractivity contribution in [1.29, 1.82) is 0 Å². The number of piperazine rings is 1. The molecule has 1 amide bonds. The Morgan fingerprint density at radius 1 is 1.18 bits per heavy atom. The normalized spacial score (nSPS) is 16.1. The molecule has 0 radical (unpaired) electrons. The number of rotatable bonds is 5. The van der Waals surface area contributed by atoms with Gasteiger partial charge < -0.3 is 9.42 Å². The van der Waals surface area contributed by atoms with Crippen LogP contribution in [0.25, 0.3) is 5.69 Å². The number of hydrogen-bond acceptors (Lipinski definition) is 8. The number of hydrogen-bond donors (Lipinski definition) is 1. The molecule has 0 bridgehead atoms. The van der Waals surface area contributed by atoms with E-state index in [0.29, 0.717) is 11.8 Å². The lowest BCUT2D eigenvalue weighted by atomic mass is 10.2. The lowest BCUT2D eigenvalue weighted by molar-refractivity contribution is -0.121. The first-order chi connectivity index (χ1) is 13.6. The van der Waals surface area contributed by atoms with Crippen LogP contribution in [0.5, 0.6) is 0 Å². The van der Waals surface area contributed by atoms with Gasteiger partial charge in [-0.15, -0.1) is 0 Å². The van der Waals surface area contributed by atoms with Crippen LogP contribution in [-0.2, 0) is 4.79 Å². The molecular formula is C18H22N8O2. The number of para-hydroxylation sites is 1. The third kappa shape index (κ3) is 3.72. The Labute approximate surface area is 162 Å². The molecule has 1 aliphatic rings. The zero-order chi connectivity index (χ0) is 19.5. The van der Waals surface area contributed by atoms with E-state index in [4.69, 9.17) is 4.52 Å². The Balaban J connectivity index is 1.37. The van der Waals surface area contributed by atoms with Crippen LogP contribution in [-0.4, -0.2) is 68.4 Å². The van der Waals surface area contributed by atoms with E-state index in [0.717, 1.165) is 37.6 Å². The van der Waals surface area contributed by atoms with Crippen LogP contribution >= 0.6 is 0 Å². The summed E-state index contributed by atoms with van der Waals surface area (Å²) in [6.45, 7) is 6.61. The Hall–Kier alpha value is -3.27. The molecule has 3 aromatic rings. The van der Waals surface area contributed by atoms with Gasteiger partial charge in [0.15, 0.2) is 0 Å². The molecule has 28 heavy (non-hydrogen) atoms. The third-order valence-electron chi connectivity index (χ3n) is 4.85. The Morgan fingerprint density at radius 2 is 1.93 bits per heavy atom. The van der Waals surface area contributed by atoms with E-state index >= 15 is 0 Å². The van der Waals surface area contributed by atoms with Crippen molar-refractivity contribution in [2.45, 2.75) is 19.9 Å². The van der Waals surface area contributed by atoms with Crippen molar-refractivity contribution < 1.29 is 9.32 Å². The number of carbonyl (C=O) groups is 1. The van der Waals surface area contributed by atoms with Crippen molar-refractivity contribution in [3.63, 3.8) is 0 Å². The van der Waals surface area contributed by atoms with Gasteiger partial charge in [0.05, 0.1) is 17.4 Å². The van der Waals surface area contributed by atoms with Crippen molar-refractivity contribution in [3.05, 3.63) is 42.1 Å². The molecule has 0 spiro atoms. The number of amides is 1. The van der Waals surface area contributed by atoms with Gasteiger partial charge in [-0.3, -0.25) is 15.0 Å². The number of tetrazole rings is 1. The molecule has 3 heterocycles. The van der Waals surface area contributed by atoms with Gasteiger partial charge in [-0.1, -0.05) is 28.5 Å². The standard InChI is InChI=1S/C18H22N8O2/c1-13-12-16(28-21-13)19-17(27)14(2)24-8-10-25(11-9-24)18-20-22-23-26(18)15-6-4-3-5-7-15/h3-7,12,14H,8-11H2,1-2H3,(H,19,27)/t14-/m0/s1. The van der Waals surface area contributed by atoms with E-state index in [2.05, 4.69) is 35.8 Å². The lowest BCUT2D eigenvalue weighted by Crippen LogP contribution is -2.53. The van der Waals surface area contributed by atoms with E-state index in [1.165, 1.54) is 0 Å². The summed E-state index contributed by atoms with van der Waals surface area (Å²) in [5.41, 5.74) is 1.65. The molecule has 2 aromatic heterocycles. The summed E-state index contributed by atoms with van der Waals surface area (Å²) in [5, 5.41) is 18.7. The van der Waals surface area contributed by atoms with Crippen LogP contribution in [0.15, 0.2) is 40.9 Å². The van der Waals surface area contributed by atoms with E-state index < -0.39 is 0 Å². The van der Waals surface area contributed by atoms with E-state index in [-0.39, 0.29) is 11.9 Å². The minimum Gasteiger partial charge on any atom is -0.338 e. The fourth-order valence-electron chi connectivity index (χ4n) is 3.24. The van der Waals surface area contributed by atoms with Gasteiger partial charge in [0.1, 0.15) is 0 Å². The highest BCUT2D eigenvalue weighted by molar-refractivity contribution is 5.93. The van der Waals surface area contributed by atoms with Crippen molar-refractivity contribution in [3.8, 4) is 5.69 Å². The number of nitrogens with zero attached hydrogens (tertiary/aromatic N) is 7. The SMILES string of the molecule is Cc1cc(NC(=O)[C@H](C)N2CCN(c3nnnn3-c3ccccc3)CC2)on1. The topological polar surface area (TPSA) is 105 Å². The van der Waals surface area contributed by atoms with Gasteiger partial charge in [-0.25, -0.2) is 0 Å². The van der Waals surface area contributed by atoms with Crippen LogP contribution in [0.1, 0.15) is 12.6 Å². The molecule has 4 rings (SSSR count). The molecule has 146 valence electrons. The minimum atomic E-state index is -0.280. The largest absolute Gasteiger partial charge is 0.338 e. The first kappa shape index (κ1) is 18.1. The monoisotopic (exact) mass is 382 g/mol. The molecule has 0 aliphatic carbocycles. The average Bonchev–Trinajstić information content (AvgIpc) is 3.37. The molecule has 1 atom stereocenters. The average molecular weight is 382 g/mol. The van der Waals surface area contributed by atoms with Gasteiger partial charge >= 0.3 is 0 Å². The summed E-state index contributed by atoms with van der Waals surface area (Å²) < 4.78 is 6.79. The van der Waals surface area contributed by atoms with Crippen LogP contribution in [0.3, 0.4) is 0 Å².